The van der Waals surface area contributed by atoms with Gasteiger partial charge in [-0.15, -0.1) is 0 Å². The number of anilines is 1. The molecule has 0 spiro atoms. The molecule has 0 bridgehead atoms. The molecule has 2 rings (SSSR count). The maximum atomic E-state index is 12.1. The lowest BCUT2D eigenvalue weighted by Gasteiger charge is -2.28. The summed E-state index contributed by atoms with van der Waals surface area (Å²) in [5.74, 6) is 0.128. The van der Waals surface area contributed by atoms with Crippen molar-refractivity contribution < 1.29 is 9.53 Å². The quantitative estimate of drug-likeness (QED) is 0.668. The van der Waals surface area contributed by atoms with Crippen LogP contribution < -0.4 is 5.73 Å². The number of hydrogen-bond donors (Lipinski definition) is 1. The fourth-order valence-corrected chi connectivity index (χ4v) is 2.74. The summed E-state index contributed by atoms with van der Waals surface area (Å²) >= 11 is 3.32. The number of ether oxygens (including phenoxy) is 1. The van der Waals surface area contributed by atoms with Crippen molar-refractivity contribution in [3.8, 4) is 0 Å². The van der Waals surface area contributed by atoms with Gasteiger partial charge in [0.2, 0.25) is 0 Å². The molecule has 1 aliphatic rings. The number of carbonyl (C=O) groups is 1. The van der Waals surface area contributed by atoms with Gasteiger partial charge in [-0.25, -0.2) is 4.79 Å². The van der Waals surface area contributed by atoms with Gasteiger partial charge < -0.3 is 10.5 Å². The van der Waals surface area contributed by atoms with Crippen molar-refractivity contribution in [2.24, 2.45) is 5.92 Å². The van der Waals surface area contributed by atoms with Gasteiger partial charge in [0.15, 0.2) is 0 Å². The molecule has 2 N–H and O–H groups in total. The molecule has 0 radical (unpaired) electrons. The number of carbonyl (C=O) groups excluding carboxylic acids is 1. The first kappa shape index (κ1) is 13.4. The van der Waals surface area contributed by atoms with E-state index in [1.807, 2.05) is 6.07 Å². The molecule has 2 atom stereocenters. The summed E-state index contributed by atoms with van der Waals surface area (Å²) in [6.07, 6.45) is 4.49. The van der Waals surface area contributed by atoms with Crippen molar-refractivity contribution in [3.05, 3.63) is 28.2 Å². The number of rotatable bonds is 2. The minimum Gasteiger partial charge on any atom is -0.458 e. The second kappa shape index (κ2) is 5.74. The van der Waals surface area contributed by atoms with Gasteiger partial charge in [0, 0.05) is 4.47 Å². The van der Waals surface area contributed by atoms with Gasteiger partial charge in [-0.1, -0.05) is 19.4 Å². The van der Waals surface area contributed by atoms with E-state index in [0.29, 0.717) is 17.2 Å². The molecule has 18 heavy (non-hydrogen) atoms. The molecule has 0 aliphatic heterocycles. The zero-order chi connectivity index (χ0) is 13.1. The molecular weight excluding hydrogens is 294 g/mol. The summed E-state index contributed by atoms with van der Waals surface area (Å²) in [5, 5.41) is 0. The molecular formula is C14H18BrNO2. The zero-order valence-corrected chi connectivity index (χ0v) is 12.1. The Kier molecular flexibility index (Phi) is 4.27. The van der Waals surface area contributed by atoms with Crippen LogP contribution in [0.5, 0.6) is 0 Å². The van der Waals surface area contributed by atoms with E-state index in [0.717, 1.165) is 23.7 Å². The normalized spacial score (nSPS) is 23.7. The maximum absolute atomic E-state index is 12.1. The van der Waals surface area contributed by atoms with Crippen LogP contribution in [-0.2, 0) is 4.74 Å². The van der Waals surface area contributed by atoms with Gasteiger partial charge in [0.05, 0.1) is 11.3 Å². The van der Waals surface area contributed by atoms with Gasteiger partial charge in [-0.3, -0.25) is 0 Å². The van der Waals surface area contributed by atoms with Crippen molar-refractivity contribution in [2.75, 3.05) is 5.73 Å². The third-order valence-corrected chi connectivity index (χ3v) is 4.26. The van der Waals surface area contributed by atoms with Crippen molar-refractivity contribution in [1.29, 1.82) is 0 Å². The summed E-state index contributed by atoms with van der Waals surface area (Å²) in [6, 6.07) is 5.31. The maximum Gasteiger partial charge on any atom is 0.340 e. The second-order valence-electron chi connectivity index (χ2n) is 4.91. The van der Waals surface area contributed by atoms with Crippen molar-refractivity contribution >= 4 is 27.6 Å². The van der Waals surface area contributed by atoms with E-state index in [9.17, 15) is 4.79 Å². The van der Waals surface area contributed by atoms with Crippen LogP contribution in [0.15, 0.2) is 22.7 Å². The number of hydrogen-bond acceptors (Lipinski definition) is 3. The Bertz CT molecular complexity index is 447. The topological polar surface area (TPSA) is 52.3 Å². The third-order valence-electron chi connectivity index (χ3n) is 3.56. The largest absolute Gasteiger partial charge is 0.458 e. The summed E-state index contributed by atoms with van der Waals surface area (Å²) in [6.45, 7) is 2.14. The average Bonchev–Trinajstić information content (AvgIpc) is 2.35. The lowest BCUT2D eigenvalue weighted by molar-refractivity contribution is 0.00492. The Hall–Kier alpha value is -1.03. The number of esters is 1. The van der Waals surface area contributed by atoms with E-state index in [1.54, 1.807) is 12.1 Å². The minimum atomic E-state index is -0.312. The highest BCUT2D eigenvalue weighted by atomic mass is 79.9. The van der Waals surface area contributed by atoms with Gasteiger partial charge in [0.25, 0.3) is 0 Å². The van der Waals surface area contributed by atoms with Gasteiger partial charge in [-0.2, -0.15) is 0 Å². The molecule has 2 unspecified atom stereocenters. The van der Waals surface area contributed by atoms with Crippen LogP contribution in [-0.4, -0.2) is 12.1 Å². The van der Waals surface area contributed by atoms with Gasteiger partial charge in [-0.05, 0) is 53.2 Å². The number of para-hydroxylation sites is 1. The highest BCUT2D eigenvalue weighted by molar-refractivity contribution is 9.10. The third kappa shape index (κ3) is 2.86. The van der Waals surface area contributed by atoms with Crippen molar-refractivity contribution in [1.82, 2.24) is 0 Å². The van der Waals surface area contributed by atoms with Crippen molar-refractivity contribution in [2.45, 2.75) is 38.7 Å². The van der Waals surface area contributed by atoms with Crippen LogP contribution in [0.4, 0.5) is 5.69 Å². The van der Waals surface area contributed by atoms with Crippen LogP contribution in [0.3, 0.4) is 0 Å². The molecule has 4 heteroatoms. The molecule has 1 aliphatic carbocycles. The molecule has 1 aromatic carbocycles. The Labute approximate surface area is 116 Å². The fraction of sp³-hybridized carbons (Fsp3) is 0.500. The van der Waals surface area contributed by atoms with E-state index < -0.39 is 0 Å². The Morgan fingerprint density at radius 2 is 2.11 bits per heavy atom. The number of nitrogens with two attached hydrogens (primary N) is 1. The van der Waals surface area contributed by atoms with E-state index in [-0.39, 0.29) is 12.1 Å². The smallest absolute Gasteiger partial charge is 0.340 e. The first-order valence-corrected chi connectivity index (χ1v) is 7.14. The first-order chi connectivity index (χ1) is 8.59. The standard InChI is InChI=1S/C14H18BrNO2/c1-9-5-2-3-8-12(9)18-14(17)10-6-4-7-11(15)13(10)16/h4,6-7,9,12H,2-3,5,8,16H2,1H3. The first-order valence-electron chi connectivity index (χ1n) is 6.34. The summed E-state index contributed by atoms with van der Waals surface area (Å²) in [4.78, 5) is 12.1. The average molecular weight is 312 g/mol. The minimum absolute atomic E-state index is 0.0321. The highest BCUT2D eigenvalue weighted by Gasteiger charge is 2.26. The molecule has 0 aromatic heterocycles. The second-order valence-corrected chi connectivity index (χ2v) is 5.76. The summed E-state index contributed by atoms with van der Waals surface area (Å²) in [7, 11) is 0. The van der Waals surface area contributed by atoms with Crippen LogP contribution in [0.1, 0.15) is 43.0 Å². The van der Waals surface area contributed by atoms with E-state index in [2.05, 4.69) is 22.9 Å². The summed E-state index contributed by atoms with van der Waals surface area (Å²) in [5.41, 5.74) is 6.77. The number of nitrogen functional groups attached to an aromatic ring is 1. The lowest BCUT2D eigenvalue weighted by Crippen LogP contribution is -2.28. The lowest BCUT2D eigenvalue weighted by atomic mass is 9.88. The zero-order valence-electron chi connectivity index (χ0n) is 10.5. The predicted molar refractivity (Wildman–Crippen MR) is 75.4 cm³/mol. The van der Waals surface area contributed by atoms with Crippen LogP contribution in [0.25, 0.3) is 0 Å². The van der Waals surface area contributed by atoms with E-state index in [4.69, 9.17) is 10.5 Å². The van der Waals surface area contributed by atoms with Crippen LogP contribution in [0.2, 0.25) is 0 Å². The Morgan fingerprint density at radius 3 is 2.83 bits per heavy atom. The van der Waals surface area contributed by atoms with Gasteiger partial charge >= 0.3 is 5.97 Å². The fourth-order valence-electron chi connectivity index (χ4n) is 2.37. The van der Waals surface area contributed by atoms with Crippen molar-refractivity contribution in [3.63, 3.8) is 0 Å². The number of halogens is 1. The Balaban J connectivity index is 2.09. The van der Waals surface area contributed by atoms with Crippen LogP contribution in [0, 0.1) is 5.92 Å². The molecule has 1 fully saturated rings. The molecule has 0 saturated heterocycles. The molecule has 3 nitrogen and oxygen atoms in total. The Morgan fingerprint density at radius 1 is 1.39 bits per heavy atom. The molecule has 1 saturated carbocycles. The summed E-state index contributed by atoms with van der Waals surface area (Å²) < 4.78 is 6.32. The molecule has 0 amide bonds. The van der Waals surface area contributed by atoms with Gasteiger partial charge in [0.1, 0.15) is 6.10 Å². The van der Waals surface area contributed by atoms with E-state index in [1.165, 1.54) is 6.42 Å². The monoisotopic (exact) mass is 311 g/mol. The molecule has 98 valence electrons. The highest BCUT2D eigenvalue weighted by Crippen LogP contribution is 2.29. The van der Waals surface area contributed by atoms with E-state index >= 15 is 0 Å². The molecule has 0 heterocycles. The number of benzene rings is 1. The van der Waals surface area contributed by atoms with Crippen LogP contribution >= 0.6 is 15.9 Å². The molecule has 1 aromatic rings. The predicted octanol–water partition coefficient (Wildman–Crippen LogP) is 3.77. The SMILES string of the molecule is CC1CCCCC1OC(=O)c1cccc(Br)c1N.